The maximum atomic E-state index is 4.32. The van der Waals surface area contributed by atoms with Crippen LogP contribution in [0.5, 0.6) is 0 Å². The van der Waals surface area contributed by atoms with Crippen LogP contribution in [0.3, 0.4) is 0 Å². The zero-order chi connectivity index (χ0) is 13.2. The highest BCUT2D eigenvalue weighted by Crippen LogP contribution is 2.38. The van der Waals surface area contributed by atoms with Gasteiger partial charge < -0.3 is 5.32 Å². The minimum absolute atomic E-state index is 0.576. The van der Waals surface area contributed by atoms with Crippen LogP contribution in [-0.2, 0) is 0 Å². The lowest BCUT2D eigenvalue weighted by Gasteiger charge is -2.36. The molecule has 1 fully saturated rings. The van der Waals surface area contributed by atoms with Crippen molar-refractivity contribution in [1.82, 2.24) is 4.98 Å². The van der Waals surface area contributed by atoms with Gasteiger partial charge in [-0.25, -0.2) is 4.98 Å². The van der Waals surface area contributed by atoms with E-state index in [1.807, 2.05) is 6.20 Å². The molecule has 2 aromatic rings. The summed E-state index contributed by atoms with van der Waals surface area (Å²) in [5, 5.41) is 3.56. The predicted molar refractivity (Wildman–Crippen MR) is 82.5 cm³/mol. The van der Waals surface area contributed by atoms with Crippen LogP contribution in [0.4, 0.5) is 5.69 Å². The third kappa shape index (κ3) is 2.81. The summed E-state index contributed by atoms with van der Waals surface area (Å²) >= 11 is 3.43. The number of nitrogens with zero attached hydrogens (tertiary/aromatic N) is 1. The molecule has 2 nitrogen and oxygen atoms in total. The van der Waals surface area contributed by atoms with E-state index in [9.17, 15) is 0 Å². The van der Waals surface area contributed by atoms with Crippen molar-refractivity contribution in [2.45, 2.75) is 31.7 Å². The van der Waals surface area contributed by atoms with Gasteiger partial charge in [-0.15, -0.1) is 0 Å². The zero-order valence-electron chi connectivity index (χ0n) is 10.9. The number of nitrogens with one attached hydrogen (secondary N) is 1. The number of hydrogen-bond acceptors (Lipinski definition) is 2. The van der Waals surface area contributed by atoms with Gasteiger partial charge in [-0.2, -0.15) is 0 Å². The summed E-state index contributed by atoms with van der Waals surface area (Å²) in [6.07, 6.45) is 4.31. The second-order valence-electron chi connectivity index (χ2n) is 5.25. The summed E-state index contributed by atoms with van der Waals surface area (Å²) in [6.45, 7) is 2.07. The highest BCUT2D eigenvalue weighted by molar-refractivity contribution is 9.10. The number of anilines is 1. The molecule has 1 aliphatic carbocycles. The average molecular weight is 317 g/mol. The first-order valence-electron chi connectivity index (χ1n) is 6.66. The van der Waals surface area contributed by atoms with E-state index in [2.05, 4.69) is 69.6 Å². The predicted octanol–water partition coefficient (Wildman–Crippen LogP) is 4.51. The Balaban J connectivity index is 1.58. The lowest BCUT2D eigenvalue weighted by molar-refractivity contribution is 0.374. The van der Waals surface area contributed by atoms with E-state index in [1.54, 1.807) is 0 Å². The molecule has 0 radical (unpaired) electrons. The monoisotopic (exact) mass is 316 g/mol. The van der Waals surface area contributed by atoms with Crippen LogP contribution in [0.2, 0.25) is 0 Å². The number of pyridine rings is 1. The van der Waals surface area contributed by atoms with Crippen LogP contribution < -0.4 is 5.32 Å². The normalized spacial score (nSPS) is 21.8. The van der Waals surface area contributed by atoms with Crippen molar-refractivity contribution in [1.29, 1.82) is 0 Å². The number of halogens is 1. The van der Waals surface area contributed by atoms with Crippen molar-refractivity contribution in [3.8, 4) is 0 Å². The topological polar surface area (TPSA) is 24.9 Å². The Hall–Kier alpha value is -1.35. The Morgan fingerprint density at radius 3 is 2.63 bits per heavy atom. The third-order valence-corrected chi connectivity index (χ3v) is 4.62. The third-order valence-electron chi connectivity index (χ3n) is 3.79. The summed E-state index contributed by atoms with van der Waals surface area (Å²) < 4.78 is 0.925. The van der Waals surface area contributed by atoms with Gasteiger partial charge in [-0.1, -0.05) is 30.3 Å². The lowest BCUT2D eigenvalue weighted by Crippen LogP contribution is -2.34. The second kappa shape index (κ2) is 5.33. The molecule has 3 rings (SSSR count). The molecule has 0 aliphatic heterocycles. The Labute approximate surface area is 122 Å². The number of benzene rings is 1. The fraction of sp³-hybridized carbons (Fsp3) is 0.312. The number of aryl methyl sites for hydroxylation is 1. The molecule has 1 aromatic heterocycles. The SMILES string of the molecule is Cc1cc(NC2CC(c3ccccc3)C2)cnc1Br. The molecule has 0 spiro atoms. The van der Waals surface area contributed by atoms with Crippen LogP contribution in [0, 0.1) is 6.92 Å². The van der Waals surface area contributed by atoms with Gasteiger partial charge in [-0.05, 0) is 58.8 Å². The quantitative estimate of drug-likeness (QED) is 0.843. The summed E-state index contributed by atoms with van der Waals surface area (Å²) in [4.78, 5) is 4.32. The number of rotatable bonds is 3. The summed E-state index contributed by atoms with van der Waals surface area (Å²) in [5.41, 5.74) is 3.76. The molecule has 1 N–H and O–H groups in total. The summed E-state index contributed by atoms with van der Waals surface area (Å²) in [6, 6.07) is 13.5. The Morgan fingerprint density at radius 2 is 1.95 bits per heavy atom. The highest BCUT2D eigenvalue weighted by atomic mass is 79.9. The minimum atomic E-state index is 0.576. The maximum Gasteiger partial charge on any atom is 0.109 e. The molecule has 0 amide bonds. The van der Waals surface area contributed by atoms with Gasteiger partial charge in [0.2, 0.25) is 0 Å². The molecule has 1 aromatic carbocycles. The van der Waals surface area contributed by atoms with Gasteiger partial charge in [0.15, 0.2) is 0 Å². The largest absolute Gasteiger partial charge is 0.381 e. The molecule has 0 unspecified atom stereocenters. The van der Waals surface area contributed by atoms with Gasteiger partial charge in [0.05, 0.1) is 11.9 Å². The van der Waals surface area contributed by atoms with Gasteiger partial charge >= 0.3 is 0 Å². The molecular formula is C16H17BrN2. The molecule has 98 valence electrons. The van der Waals surface area contributed by atoms with Gasteiger partial charge in [0.25, 0.3) is 0 Å². The van der Waals surface area contributed by atoms with Crippen LogP contribution in [0.1, 0.15) is 29.9 Å². The van der Waals surface area contributed by atoms with Crippen LogP contribution in [0.15, 0.2) is 47.2 Å². The van der Waals surface area contributed by atoms with Gasteiger partial charge in [0, 0.05) is 6.04 Å². The van der Waals surface area contributed by atoms with Gasteiger partial charge in [-0.3, -0.25) is 0 Å². The first-order chi connectivity index (χ1) is 9.22. The number of aromatic nitrogens is 1. The van der Waals surface area contributed by atoms with Gasteiger partial charge in [0.1, 0.15) is 4.60 Å². The standard InChI is InChI=1S/C16H17BrN2/c1-11-7-15(10-18-16(11)17)19-14-8-13(9-14)12-5-3-2-4-6-12/h2-7,10,13-14,19H,8-9H2,1H3. The molecule has 19 heavy (non-hydrogen) atoms. The molecular weight excluding hydrogens is 300 g/mol. The number of hydrogen-bond donors (Lipinski definition) is 1. The van der Waals surface area contributed by atoms with Crippen molar-refractivity contribution in [2.75, 3.05) is 5.32 Å². The van der Waals surface area contributed by atoms with Crippen molar-refractivity contribution < 1.29 is 0 Å². The molecule has 0 bridgehead atoms. The van der Waals surface area contributed by atoms with Crippen molar-refractivity contribution in [3.63, 3.8) is 0 Å². The maximum absolute atomic E-state index is 4.32. The molecule has 1 aliphatic rings. The molecule has 0 saturated heterocycles. The summed E-state index contributed by atoms with van der Waals surface area (Å²) in [7, 11) is 0. The molecule has 1 saturated carbocycles. The fourth-order valence-corrected chi connectivity index (χ4v) is 2.82. The van der Waals surface area contributed by atoms with Crippen LogP contribution >= 0.6 is 15.9 Å². The Bertz CT molecular complexity index is 562. The van der Waals surface area contributed by atoms with Crippen molar-refractivity contribution in [3.05, 3.63) is 58.3 Å². The first kappa shape index (κ1) is 12.7. The highest BCUT2D eigenvalue weighted by Gasteiger charge is 2.29. The molecule has 3 heteroatoms. The average Bonchev–Trinajstić information content (AvgIpc) is 2.38. The van der Waals surface area contributed by atoms with E-state index in [-0.39, 0.29) is 0 Å². The second-order valence-corrected chi connectivity index (χ2v) is 6.00. The van der Waals surface area contributed by atoms with Crippen molar-refractivity contribution >= 4 is 21.6 Å². The Kier molecular flexibility index (Phi) is 3.56. The smallest absolute Gasteiger partial charge is 0.109 e. The van der Waals surface area contributed by atoms with Crippen LogP contribution in [0.25, 0.3) is 0 Å². The van der Waals surface area contributed by atoms with Crippen molar-refractivity contribution in [2.24, 2.45) is 0 Å². The molecule has 0 atom stereocenters. The van der Waals surface area contributed by atoms with E-state index in [0.29, 0.717) is 12.0 Å². The van der Waals surface area contributed by atoms with E-state index >= 15 is 0 Å². The zero-order valence-corrected chi connectivity index (χ0v) is 12.5. The van der Waals surface area contributed by atoms with E-state index < -0.39 is 0 Å². The van der Waals surface area contributed by atoms with E-state index in [1.165, 1.54) is 24.0 Å². The molecule has 1 heterocycles. The van der Waals surface area contributed by atoms with E-state index in [0.717, 1.165) is 10.3 Å². The van der Waals surface area contributed by atoms with E-state index in [4.69, 9.17) is 0 Å². The lowest BCUT2D eigenvalue weighted by atomic mass is 9.76. The fourth-order valence-electron chi connectivity index (χ4n) is 2.61. The minimum Gasteiger partial charge on any atom is -0.381 e. The Morgan fingerprint density at radius 1 is 1.21 bits per heavy atom. The van der Waals surface area contributed by atoms with Crippen LogP contribution in [-0.4, -0.2) is 11.0 Å². The first-order valence-corrected chi connectivity index (χ1v) is 7.45. The summed E-state index contributed by atoms with van der Waals surface area (Å²) in [5.74, 6) is 0.711.